The van der Waals surface area contributed by atoms with E-state index in [0.29, 0.717) is 24.1 Å². The summed E-state index contributed by atoms with van der Waals surface area (Å²) in [6, 6.07) is 12.3. The average Bonchev–Trinajstić information content (AvgIpc) is 2.56. The largest absolute Gasteiger partial charge is 0.326 e. The molecule has 3 rings (SSSR count). The van der Waals surface area contributed by atoms with Gasteiger partial charge >= 0.3 is 0 Å². The van der Waals surface area contributed by atoms with Gasteiger partial charge in [0, 0.05) is 23.7 Å². The third kappa shape index (κ3) is 3.62. The Morgan fingerprint density at radius 1 is 1.29 bits per heavy atom. The molecule has 0 spiro atoms. The van der Waals surface area contributed by atoms with Crippen molar-refractivity contribution in [2.75, 3.05) is 10.6 Å². The quantitative estimate of drug-likeness (QED) is 0.901. The van der Waals surface area contributed by atoms with Crippen LogP contribution in [0.1, 0.15) is 24.0 Å². The number of amides is 2. The standard InChI is InChI=1S/C19H19FN2O2/c1-12-6-8-15(11-16(12)20)21-18(23)9-7-14-10-13-4-2-3-5-17(13)22-19(14)24/h2-6,8,11,14H,7,9-10H2,1H3,(H,21,23)(H,22,24)/t14-/m1/s1. The first kappa shape index (κ1) is 16.2. The van der Waals surface area contributed by atoms with Gasteiger partial charge in [0.1, 0.15) is 5.82 Å². The maximum absolute atomic E-state index is 13.5. The lowest BCUT2D eigenvalue weighted by Crippen LogP contribution is -2.30. The SMILES string of the molecule is Cc1ccc(NC(=O)CC[C@@H]2Cc3ccccc3NC2=O)cc1F. The summed E-state index contributed by atoms with van der Waals surface area (Å²) in [5.41, 5.74) is 2.90. The van der Waals surface area contributed by atoms with E-state index in [0.717, 1.165) is 11.3 Å². The van der Waals surface area contributed by atoms with Crippen LogP contribution in [0, 0.1) is 18.7 Å². The number of hydrogen-bond donors (Lipinski definition) is 2. The van der Waals surface area contributed by atoms with Gasteiger partial charge in [-0.3, -0.25) is 9.59 Å². The zero-order valence-electron chi connectivity index (χ0n) is 13.4. The van der Waals surface area contributed by atoms with E-state index in [9.17, 15) is 14.0 Å². The molecule has 2 aromatic rings. The monoisotopic (exact) mass is 326 g/mol. The van der Waals surface area contributed by atoms with Crippen LogP contribution in [0.15, 0.2) is 42.5 Å². The number of nitrogens with one attached hydrogen (secondary N) is 2. The molecule has 24 heavy (non-hydrogen) atoms. The summed E-state index contributed by atoms with van der Waals surface area (Å²) in [7, 11) is 0. The molecule has 2 N–H and O–H groups in total. The Balaban J connectivity index is 1.56. The Morgan fingerprint density at radius 2 is 2.08 bits per heavy atom. The van der Waals surface area contributed by atoms with Crippen molar-refractivity contribution in [2.45, 2.75) is 26.2 Å². The van der Waals surface area contributed by atoms with Crippen LogP contribution in [0.5, 0.6) is 0 Å². The lowest BCUT2D eigenvalue weighted by molar-refractivity contribution is -0.121. The Labute approximate surface area is 140 Å². The summed E-state index contributed by atoms with van der Waals surface area (Å²) in [6.07, 6.45) is 1.31. The highest BCUT2D eigenvalue weighted by molar-refractivity contribution is 5.96. The summed E-state index contributed by atoms with van der Waals surface area (Å²) in [6.45, 7) is 1.67. The molecule has 0 saturated heterocycles. The predicted molar refractivity (Wildman–Crippen MR) is 91.3 cm³/mol. The molecule has 124 valence electrons. The fourth-order valence-corrected chi connectivity index (χ4v) is 2.85. The number of para-hydroxylation sites is 1. The Bertz CT molecular complexity index is 789. The number of aryl methyl sites for hydroxylation is 1. The number of carbonyl (C=O) groups is 2. The molecule has 4 nitrogen and oxygen atoms in total. The molecule has 1 aliphatic heterocycles. The Hall–Kier alpha value is -2.69. The molecule has 2 aromatic carbocycles. The van der Waals surface area contributed by atoms with Gasteiger partial charge < -0.3 is 10.6 Å². The first-order chi connectivity index (χ1) is 11.5. The molecular formula is C19H19FN2O2. The van der Waals surface area contributed by atoms with Gasteiger partial charge in [0.25, 0.3) is 0 Å². The highest BCUT2D eigenvalue weighted by Gasteiger charge is 2.26. The fraction of sp³-hybridized carbons (Fsp3) is 0.263. The number of anilines is 2. The third-order valence-corrected chi connectivity index (χ3v) is 4.29. The van der Waals surface area contributed by atoms with E-state index in [2.05, 4.69) is 10.6 Å². The molecule has 2 amide bonds. The van der Waals surface area contributed by atoms with Gasteiger partial charge in [0.15, 0.2) is 0 Å². The minimum absolute atomic E-state index is 0.0529. The lowest BCUT2D eigenvalue weighted by atomic mass is 9.89. The van der Waals surface area contributed by atoms with Crippen LogP contribution in [0.25, 0.3) is 0 Å². The van der Waals surface area contributed by atoms with Crippen LogP contribution in [0.4, 0.5) is 15.8 Å². The van der Waals surface area contributed by atoms with Gasteiger partial charge in [-0.1, -0.05) is 24.3 Å². The molecule has 1 heterocycles. The zero-order chi connectivity index (χ0) is 17.1. The average molecular weight is 326 g/mol. The van der Waals surface area contributed by atoms with Crippen molar-refractivity contribution < 1.29 is 14.0 Å². The van der Waals surface area contributed by atoms with E-state index in [1.54, 1.807) is 19.1 Å². The number of carbonyl (C=O) groups excluding carboxylic acids is 2. The maximum atomic E-state index is 13.5. The molecule has 5 heteroatoms. The maximum Gasteiger partial charge on any atom is 0.227 e. The third-order valence-electron chi connectivity index (χ3n) is 4.29. The summed E-state index contributed by atoms with van der Waals surface area (Å²) < 4.78 is 13.5. The number of halogens is 1. The molecule has 0 aliphatic carbocycles. The van der Waals surface area contributed by atoms with Crippen molar-refractivity contribution in [1.82, 2.24) is 0 Å². The van der Waals surface area contributed by atoms with Crippen molar-refractivity contribution >= 4 is 23.2 Å². The first-order valence-electron chi connectivity index (χ1n) is 7.97. The molecule has 0 saturated carbocycles. The molecule has 0 fully saturated rings. The van der Waals surface area contributed by atoms with E-state index < -0.39 is 0 Å². The van der Waals surface area contributed by atoms with E-state index in [1.807, 2.05) is 24.3 Å². The number of rotatable bonds is 4. The number of benzene rings is 2. The zero-order valence-corrected chi connectivity index (χ0v) is 13.4. The first-order valence-corrected chi connectivity index (χ1v) is 7.97. The summed E-state index contributed by atoms with van der Waals surface area (Å²) >= 11 is 0. The van der Waals surface area contributed by atoms with Crippen LogP contribution >= 0.6 is 0 Å². The minimum atomic E-state index is -0.351. The molecule has 1 aliphatic rings. The highest BCUT2D eigenvalue weighted by atomic mass is 19.1. The second kappa shape index (κ2) is 6.83. The van der Waals surface area contributed by atoms with Gasteiger partial charge in [-0.25, -0.2) is 4.39 Å². The fourth-order valence-electron chi connectivity index (χ4n) is 2.85. The predicted octanol–water partition coefficient (Wildman–Crippen LogP) is 3.66. The van der Waals surface area contributed by atoms with Crippen molar-refractivity contribution in [2.24, 2.45) is 5.92 Å². The van der Waals surface area contributed by atoms with Crippen LogP contribution in [-0.2, 0) is 16.0 Å². The summed E-state index contributed by atoms with van der Waals surface area (Å²) in [5.74, 6) is -0.843. The Morgan fingerprint density at radius 3 is 2.88 bits per heavy atom. The minimum Gasteiger partial charge on any atom is -0.326 e. The van der Waals surface area contributed by atoms with Crippen molar-refractivity contribution in [3.63, 3.8) is 0 Å². The van der Waals surface area contributed by atoms with Gasteiger partial charge in [-0.2, -0.15) is 0 Å². The summed E-state index contributed by atoms with van der Waals surface area (Å²) in [5, 5.41) is 5.55. The molecular weight excluding hydrogens is 307 g/mol. The lowest BCUT2D eigenvalue weighted by Gasteiger charge is -2.24. The van der Waals surface area contributed by atoms with Crippen molar-refractivity contribution in [3.8, 4) is 0 Å². The van der Waals surface area contributed by atoms with Gasteiger partial charge in [-0.15, -0.1) is 0 Å². The second-order valence-electron chi connectivity index (χ2n) is 6.10. The number of fused-ring (bicyclic) bond motifs is 1. The van der Waals surface area contributed by atoms with E-state index in [4.69, 9.17) is 0 Å². The van der Waals surface area contributed by atoms with Crippen LogP contribution in [0.2, 0.25) is 0 Å². The molecule has 1 atom stereocenters. The van der Waals surface area contributed by atoms with Crippen molar-refractivity contribution in [1.29, 1.82) is 0 Å². The van der Waals surface area contributed by atoms with E-state index in [-0.39, 0.29) is 30.0 Å². The van der Waals surface area contributed by atoms with Gasteiger partial charge in [0.05, 0.1) is 0 Å². The highest BCUT2D eigenvalue weighted by Crippen LogP contribution is 2.27. The number of hydrogen-bond acceptors (Lipinski definition) is 2. The molecule has 0 aromatic heterocycles. The Kier molecular flexibility index (Phi) is 4.60. The molecule has 0 bridgehead atoms. The normalized spacial score (nSPS) is 16.2. The smallest absolute Gasteiger partial charge is 0.227 e. The van der Waals surface area contributed by atoms with Crippen LogP contribution in [-0.4, -0.2) is 11.8 Å². The van der Waals surface area contributed by atoms with Crippen molar-refractivity contribution in [3.05, 3.63) is 59.4 Å². The van der Waals surface area contributed by atoms with Gasteiger partial charge in [0.2, 0.25) is 11.8 Å². The van der Waals surface area contributed by atoms with Crippen LogP contribution < -0.4 is 10.6 Å². The summed E-state index contributed by atoms with van der Waals surface area (Å²) in [4.78, 5) is 24.2. The molecule has 0 radical (unpaired) electrons. The molecule has 0 unspecified atom stereocenters. The second-order valence-corrected chi connectivity index (χ2v) is 6.10. The van der Waals surface area contributed by atoms with Gasteiger partial charge in [-0.05, 0) is 49.1 Å². The van der Waals surface area contributed by atoms with Crippen LogP contribution in [0.3, 0.4) is 0 Å². The topological polar surface area (TPSA) is 58.2 Å². The van der Waals surface area contributed by atoms with E-state index in [1.165, 1.54) is 6.07 Å². The van der Waals surface area contributed by atoms with E-state index >= 15 is 0 Å².